The van der Waals surface area contributed by atoms with Crippen LogP contribution in [0.2, 0.25) is 0 Å². The number of hydrogen-bond acceptors (Lipinski definition) is 4. The number of aliphatic hydroxyl groups excluding tert-OH is 1. The van der Waals surface area contributed by atoms with Crippen LogP contribution in [0.5, 0.6) is 0 Å². The molecule has 0 aromatic heterocycles. The Labute approximate surface area is 97.7 Å². The van der Waals surface area contributed by atoms with Crippen molar-refractivity contribution in [2.45, 2.75) is 37.8 Å². The van der Waals surface area contributed by atoms with Crippen LogP contribution in [0.25, 0.3) is 0 Å². The van der Waals surface area contributed by atoms with Crippen molar-refractivity contribution in [2.24, 2.45) is 11.7 Å². The molecular weight excluding hydrogens is 204 g/mol. The molecule has 3 N–H and O–H groups in total. The van der Waals surface area contributed by atoms with Gasteiger partial charge < -0.3 is 15.6 Å². The first-order valence-corrected chi connectivity index (χ1v) is 6.41. The van der Waals surface area contributed by atoms with Gasteiger partial charge in [0.25, 0.3) is 0 Å². The monoisotopic (exact) mass is 228 g/mol. The van der Waals surface area contributed by atoms with Gasteiger partial charge in [0.1, 0.15) is 0 Å². The molecule has 0 aromatic rings. The molecule has 2 unspecified atom stereocenters. The molecule has 0 radical (unpaired) electrons. The SMILES string of the molecule is CCC1COCCN1CC(N)(CO)C1CC1. The van der Waals surface area contributed by atoms with Gasteiger partial charge >= 0.3 is 0 Å². The molecule has 2 rings (SSSR count). The zero-order valence-electron chi connectivity index (χ0n) is 10.2. The molecular formula is C12H24N2O2. The minimum Gasteiger partial charge on any atom is -0.394 e. The van der Waals surface area contributed by atoms with Crippen molar-refractivity contribution >= 4 is 0 Å². The molecule has 4 nitrogen and oxygen atoms in total. The van der Waals surface area contributed by atoms with Crippen LogP contribution < -0.4 is 5.73 Å². The van der Waals surface area contributed by atoms with Crippen molar-refractivity contribution in [3.05, 3.63) is 0 Å². The predicted molar refractivity (Wildman–Crippen MR) is 63.2 cm³/mol. The average Bonchev–Trinajstić information content (AvgIpc) is 3.14. The van der Waals surface area contributed by atoms with E-state index in [2.05, 4.69) is 11.8 Å². The summed E-state index contributed by atoms with van der Waals surface area (Å²) in [5, 5.41) is 9.50. The van der Waals surface area contributed by atoms with Gasteiger partial charge in [0.05, 0.1) is 25.4 Å². The highest BCUT2D eigenvalue weighted by Gasteiger charge is 2.43. The maximum absolute atomic E-state index is 9.50. The Balaban J connectivity index is 1.94. The third kappa shape index (κ3) is 2.56. The summed E-state index contributed by atoms with van der Waals surface area (Å²) >= 11 is 0. The van der Waals surface area contributed by atoms with E-state index in [0.29, 0.717) is 12.0 Å². The predicted octanol–water partition coefficient (Wildman–Crippen LogP) is 0.197. The molecule has 2 aliphatic rings. The summed E-state index contributed by atoms with van der Waals surface area (Å²) in [5.41, 5.74) is 5.93. The Hall–Kier alpha value is -0.160. The highest BCUT2D eigenvalue weighted by Crippen LogP contribution is 2.38. The van der Waals surface area contributed by atoms with Crippen molar-refractivity contribution in [1.29, 1.82) is 0 Å². The van der Waals surface area contributed by atoms with Crippen LogP contribution in [0.15, 0.2) is 0 Å². The fourth-order valence-electron chi connectivity index (χ4n) is 2.62. The van der Waals surface area contributed by atoms with Gasteiger partial charge in [0.2, 0.25) is 0 Å². The van der Waals surface area contributed by atoms with E-state index in [9.17, 15) is 5.11 Å². The van der Waals surface area contributed by atoms with Gasteiger partial charge in [-0.25, -0.2) is 0 Å². The van der Waals surface area contributed by atoms with Gasteiger partial charge in [-0.15, -0.1) is 0 Å². The molecule has 0 amide bonds. The number of rotatable bonds is 5. The molecule has 0 spiro atoms. The standard InChI is InChI=1S/C12H24N2O2/c1-2-11-7-16-6-5-14(11)8-12(13,9-15)10-3-4-10/h10-11,15H,2-9,13H2,1H3. The fourth-order valence-corrected chi connectivity index (χ4v) is 2.62. The smallest absolute Gasteiger partial charge is 0.0626 e. The number of morpholine rings is 1. The molecule has 1 saturated heterocycles. The second kappa shape index (κ2) is 5.00. The van der Waals surface area contributed by atoms with Gasteiger partial charge in [-0.1, -0.05) is 6.92 Å². The molecule has 16 heavy (non-hydrogen) atoms. The summed E-state index contributed by atoms with van der Waals surface area (Å²) in [6, 6.07) is 0.474. The van der Waals surface area contributed by atoms with Gasteiger partial charge in [-0.3, -0.25) is 4.90 Å². The normalized spacial score (nSPS) is 31.3. The maximum atomic E-state index is 9.50. The quantitative estimate of drug-likeness (QED) is 0.705. The highest BCUT2D eigenvalue weighted by atomic mass is 16.5. The molecule has 0 aromatic carbocycles. The Morgan fingerprint density at radius 3 is 2.81 bits per heavy atom. The van der Waals surface area contributed by atoms with E-state index in [4.69, 9.17) is 10.5 Å². The van der Waals surface area contributed by atoms with Gasteiger partial charge in [-0.2, -0.15) is 0 Å². The van der Waals surface area contributed by atoms with Crippen LogP contribution in [-0.4, -0.2) is 54.5 Å². The lowest BCUT2D eigenvalue weighted by molar-refractivity contribution is -0.0254. The van der Waals surface area contributed by atoms with Crippen LogP contribution in [0.1, 0.15) is 26.2 Å². The number of ether oxygens (including phenoxy) is 1. The number of nitrogens with zero attached hydrogens (tertiary/aromatic N) is 1. The fraction of sp³-hybridized carbons (Fsp3) is 1.00. The first-order chi connectivity index (χ1) is 7.69. The molecule has 2 atom stereocenters. The molecule has 1 aliphatic carbocycles. The van der Waals surface area contributed by atoms with Gasteiger partial charge in [0, 0.05) is 19.1 Å². The second-order valence-corrected chi connectivity index (χ2v) is 5.27. The summed E-state index contributed by atoms with van der Waals surface area (Å²) in [7, 11) is 0. The van der Waals surface area contributed by atoms with E-state index in [1.165, 1.54) is 12.8 Å². The number of nitrogens with two attached hydrogens (primary N) is 1. The first kappa shape index (κ1) is 12.3. The van der Waals surface area contributed by atoms with E-state index in [0.717, 1.165) is 32.7 Å². The Bertz CT molecular complexity index is 233. The van der Waals surface area contributed by atoms with Crippen LogP contribution in [0, 0.1) is 5.92 Å². The van der Waals surface area contributed by atoms with Crippen LogP contribution in [-0.2, 0) is 4.74 Å². The topological polar surface area (TPSA) is 58.7 Å². The molecule has 1 aliphatic heterocycles. The van der Waals surface area contributed by atoms with E-state index in [1.54, 1.807) is 0 Å². The lowest BCUT2D eigenvalue weighted by atomic mass is 9.93. The number of hydrogen-bond donors (Lipinski definition) is 2. The molecule has 4 heteroatoms. The van der Waals surface area contributed by atoms with E-state index in [1.807, 2.05) is 0 Å². The lowest BCUT2D eigenvalue weighted by Crippen LogP contribution is -2.59. The molecule has 2 fully saturated rings. The third-order valence-electron chi connectivity index (χ3n) is 4.00. The highest BCUT2D eigenvalue weighted by molar-refractivity contribution is 5.01. The third-order valence-corrected chi connectivity index (χ3v) is 4.00. The molecule has 1 saturated carbocycles. The van der Waals surface area contributed by atoms with Crippen molar-refractivity contribution in [3.63, 3.8) is 0 Å². The number of aliphatic hydroxyl groups is 1. The van der Waals surface area contributed by atoms with Crippen molar-refractivity contribution in [1.82, 2.24) is 4.90 Å². The zero-order valence-corrected chi connectivity index (χ0v) is 10.2. The largest absolute Gasteiger partial charge is 0.394 e. The van der Waals surface area contributed by atoms with Crippen LogP contribution in [0.4, 0.5) is 0 Å². The van der Waals surface area contributed by atoms with Crippen molar-refractivity contribution < 1.29 is 9.84 Å². The summed E-state index contributed by atoms with van der Waals surface area (Å²) in [4.78, 5) is 2.40. The Morgan fingerprint density at radius 1 is 1.50 bits per heavy atom. The zero-order chi connectivity index (χ0) is 11.6. The maximum Gasteiger partial charge on any atom is 0.0626 e. The lowest BCUT2D eigenvalue weighted by Gasteiger charge is -2.41. The summed E-state index contributed by atoms with van der Waals surface area (Å²) in [6.07, 6.45) is 3.45. The molecule has 0 bridgehead atoms. The van der Waals surface area contributed by atoms with Crippen LogP contribution in [0.3, 0.4) is 0 Å². The summed E-state index contributed by atoms with van der Waals surface area (Å²) in [6.45, 7) is 5.65. The van der Waals surface area contributed by atoms with Crippen molar-refractivity contribution in [3.8, 4) is 0 Å². The van der Waals surface area contributed by atoms with Gasteiger partial charge in [-0.05, 0) is 25.2 Å². The summed E-state index contributed by atoms with van der Waals surface area (Å²) < 4.78 is 5.48. The van der Waals surface area contributed by atoms with Crippen molar-refractivity contribution in [2.75, 3.05) is 32.9 Å². The van der Waals surface area contributed by atoms with E-state index in [-0.39, 0.29) is 12.1 Å². The van der Waals surface area contributed by atoms with E-state index < -0.39 is 0 Å². The van der Waals surface area contributed by atoms with E-state index >= 15 is 0 Å². The Morgan fingerprint density at radius 2 is 2.25 bits per heavy atom. The van der Waals surface area contributed by atoms with Gasteiger partial charge in [0.15, 0.2) is 0 Å². The second-order valence-electron chi connectivity index (χ2n) is 5.27. The van der Waals surface area contributed by atoms with Crippen LogP contribution >= 0.6 is 0 Å². The first-order valence-electron chi connectivity index (χ1n) is 6.41. The summed E-state index contributed by atoms with van der Waals surface area (Å²) in [5.74, 6) is 0.526. The minimum atomic E-state index is -0.384. The molecule has 1 heterocycles. The average molecular weight is 228 g/mol. The Kier molecular flexibility index (Phi) is 3.85. The minimum absolute atomic E-state index is 0.103. The molecule has 94 valence electrons.